The zero-order valence-electron chi connectivity index (χ0n) is 18.1. The first-order valence-electron chi connectivity index (χ1n) is 10.2. The fourth-order valence-electron chi connectivity index (χ4n) is 3.28. The Morgan fingerprint density at radius 1 is 1.29 bits per heavy atom. The van der Waals surface area contributed by atoms with Gasteiger partial charge in [-0.15, -0.1) is 11.3 Å². The third-order valence-corrected chi connectivity index (χ3v) is 5.77. The Bertz CT molecular complexity index is 1140. The molecule has 3 rings (SSSR count). The van der Waals surface area contributed by atoms with Crippen molar-refractivity contribution in [3.05, 3.63) is 51.4 Å². The smallest absolute Gasteiger partial charge is 0.337 e. The molecule has 0 saturated heterocycles. The molecule has 164 valence electrons. The molecule has 0 unspecified atom stereocenters. The maximum atomic E-state index is 12.9. The highest BCUT2D eigenvalue weighted by molar-refractivity contribution is 7.13. The van der Waals surface area contributed by atoms with Crippen LogP contribution < -0.4 is 16.2 Å². The van der Waals surface area contributed by atoms with Crippen LogP contribution in [0.2, 0.25) is 0 Å². The van der Waals surface area contributed by atoms with Gasteiger partial charge in [0, 0.05) is 48.5 Å². The van der Waals surface area contributed by atoms with Crippen LogP contribution in [0.25, 0.3) is 21.8 Å². The predicted molar refractivity (Wildman–Crippen MR) is 124 cm³/mol. The van der Waals surface area contributed by atoms with Gasteiger partial charge in [0.1, 0.15) is 10.8 Å². The minimum absolute atomic E-state index is 0.108. The zero-order chi connectivity index (χ0) is 22.5. The van der Waals surface area contributed by atoms with Crippen molar-refractivity contribution in [3.63, 3.8) is 0 Å². The summed E-state index contributed by atoms with van der Waals surface area (Å²) in [5.74, 6) is -0.315. The van der Waals surface area contributed by atoms with E-state index in [1.165, 1.54) is 22.0 Å². The summed E-state index contributed by atoms with van der Waals surface area (Å²) in [5.41, 5.74) is 1.96. The number of thiazole rings is 1. The quantitative estimate of drug-likeness (QED) is 0.436. The van der Waals surface area contributed by atoms with Crippen LogP contribution in [0.5, 0.6) is 0 Å². The fraction of sp³-hybridized carbons (Fsp3) is 0.364. The van der Waals surface area contributed by atoms with E-state index in [9.17, 15) is 14.7 Å². The van der Waals surface area contributed by atoms with Crippen LogP contribution in [0.15, 0.2) is 34.6 Å². The molecule has 0 bridgehead atoms. The van der Waals surface area contributed by atoms with Crippen LogP contribution in [-0.2, 0) is 6.54 Å². The van der Waals surface area contributed by atoms with E-state index < -0.39 is 5.97 Å². The Balaban J connectivity index is 1.89. The predicted octanol–water partition coefficient (Wildman–Crippen LogP) is 3.47. The van der Waals surface area contributed by atoms with Crippen LogP contribution in [0.4, 0.5) is 5.82 Å². The molecule has 0 aliphatic rings. The van der Waals surface area contributed by atoms with Gasteiger partial charge in [-0.1, -0.05) is 13.8 Å². The van der Waals surface area contributed by atoms with E-state index in [1.54, 1.807) is 18.5 Å². The minimum Gasteiger partial charge on any atom is -0.478 e. The molecule has 0 saturated carbocycles. The molecule has 0 amide bonds. The van der Waals surface area contributed by atoms with Gasteiger partial charge in [0.05, 0.1) is 16.8 Å². The number of carbonyl (C=O) groups is 1. The summed E-state index contributed by atoms with van der Waals surface area (Å²) in [5, 5.41) is 18.7. The molecule has 0 radical (unpaired) electrons. The number of rotatable bonds is 9. The molecule has 8 nitrogen and oxygen atoms in total. The van der Waals surface area contributed by atoms with Gasteiger partial charge in [-0.05, 0) is 32.0 Å². The number of anilines is 1. The highest BCUT2D eigenvalue weighted by atomic mass is 32.1. The first-order valence-corrected chi connectivity index (χ1v) is 11.1. The van der Waals surface area contributed by atoms with Gasteiger partial charge in [-0.25, -0.2) is 14.8 Å². The second kappa shape index (κ2) is 9.84. The van der Waals surface area contributed by atoms with Gasteiger partial charge in [0.25, 0.3) is 5.56 Å². The summed E-state index contributed by atoms with van der Waals surface area (Å²) in [6, 6.07) is 5.63. The van der Waals surface area contributed by atoms with E-state index >= 15 is 0 Å². The summed E-state index contributed by atoms with van der Waals surface area (Å²) in [6.45, 7) is 9.62. The maximum Gasteiger partial charge on any atom is 0.337 e. The third kappa shape index (κ3) is 5.18. The summed E-state index contributed by atoms with van der Waals surface area (Å²) >= 11 is 1.40. The minimum atomic E-state index is -1.06. The van der Waals surface area contributed by atoms with Crippen LogP contribution in [-0.4, -0.2) is 44.7 Å². The lowest BCUT2D eigenvalue weighted by atomic mass is 10.1. The summed E-state index contributed by atoms with van der Waals surface area (Å²) in [7, 11) is 0. The highest BCUT2D eigenvalue weighted by Crippen LogP contribution is 2.29. The van der Waals surface area contributed by atoms with Gasteiger partial charge in [-0.2, -0.15) is 0 Å². The molecular formula is C22H27N5O3S. The fourth-order valence-corrected chi connectivity index (χ4v) is 4.09. The summed E-state index contributed by atoms with van der Waals surface area (Å²) < 4.78 is 1.47. The number of pyridine rings is 2. The van der Waals surface area contributed by atoms with Crippen molar-refractivity contribution in [3.8, 4) is 21.8 Å². The zero-order valence-corrected chi connectivity index (χ0v) is 18.9. The average Bonchev–Trinajstić information content (AvgIpc) is 3.21. The van der Waals surface area contributed by atoms with Crippen LogP contribution in [0.3, 0.4) is 0 Å². The number of aromatic carboxylic acids is 1. The molecular weight excluding hydrogens is 414 g/mol. The lowest BCUT2D eigenvalue weighted by Gasteiger charge is -2.12. The van der Waals surface area contributed by atoms with Gasteiger partial charge in [0.2, 0.25) is 0 Å². The van der Waals surface area contributed by atoms with Crippen LogP contribution >= 0.6 is 11.3 Å². The molecule has 0 aliphatic carbocycles. The third-order valence-electron chi connectivity index (χ3n) is 4.88. The SMILES string of the molecule is CCn1c(C)c(C(=O)O)cc(-c2csc(-c3ccnc(NCCNC(C)C)c3)n2)c1=O. The standard InChI is InChI=1S/C22H27N5O3S/c1-5-27-14(4)16(22(29)30)11-17(21(27)28)18-12-31-20(26-18)15-6-7-24-19(10-15)25-9-8-23-13(2)3/h6-7,10-13,23H,5,8-9H2,1-4H3,(H,24,25)(H,29,30). The number of carboxylic acid groups (broad SMARTS) is 1. The summed E-state index contributed by atoms with van der Waals surface area (Å²) in [4.78, 5) is 33.5. The highest BCUT2D eigenvalue weighted by Gasteiger charge is 2.18. The van der Waals surface area contributed by atoms with Crippen molar-refractivity contribution in [1.29, 1.82) is 0 Å². The van der Waals surface area contributed by atoms with Crippen molar-refractivity contribution in [2.45, 2.75) is 40.3 Å². The average molecular weight is 442 g/mol. The first-order chi connectivity index (χ1) is 14.8. The van der Waals surface area contributed by atoms with E-state index in [1.807, 2.05) is 19.1 Å². The molecule has 0 aromatic carbocycles. The number of carboxylic acids is 1. The lowest BCUT2D eigenvalue weighted by Crippen LogP contribution is -2.28. The Hall–Kier alpha value is -3.04. The summed E-state index contributed by atoms with van der Waals surface area (Å²) in [6.07, 6.45) is 1.72. The van der Waals surface area contributed by atoms with E-state index in [2.05, 4.69) is 34.4 Å². The van der Waals surface area contributed by atoms with Gasteiger partial charge < -0.3 is 20.3 Å². The molecule has 31 heavy (non-hydrogen) atoms. The molecule has 3 aromatic heterocycles. The largest absolute Gasteiger partial charge is 0.478 e. The molecule has 3 N–H and O–H groups in total. The lowest BCUT2D eigenvalue weighted by molar-refractivity contribution is 0.0695. The van der Waals surface area contributed by atoms with E-state index in [4.69, 9.17) is 0 Å². The van der Waals surface area contributed by atoms with Crippen molar-refractivity contribution in [2.75, 3.05) is 18.4 Å². The van der Waals surface area contributed by atoms with Crippen molar-refractivity contribution in [2.24, 2.45) is 0 Å². The molecule has 0 aliphatic heterocycles. The van der Waals surface area contributed by atoms with Gasteiger partial charge >= 0.3 is 5.97 Å². The number of hydrogen-bond donors (Lipinski definition) is 3. The Morgan fingerprint density at radius 2 is 2.06 bits per heavy atom. The molecule has 0 spiro atoms. The van der Waals surface area contributed by atoms with Crippen LogP contribution in [0.1, 0.15) is 36.8 Å². The number of hydrogen-bond acceptors (Lipinski definition) is 7. The molecule has 3 aromatic rings. The monoisotopic (exact) mass is 441 g/mol. The number of nitrogens with one attached hydrogen (secondary N) is 2. The van der Waals surface area contributed by atoms with Gasteiger partial charge in [0.15, 0.2) is 0 Å². The molecule has 9 heteroatoms. The topological polar surface area (TPSA) is 109 Å². The van der Waals surface area contributed by atoms with Crippen molar-refractivity contribution >= 4 is 23.1 Å². The normalized spacial score (nSPS) is 11.1. The first kappa shape index (κ1) is 22.6. The van der Waals surface area contributed by atoms with Crippen LogP contribution in [0, 0.1) is 6.92 Å². The number of nitrogens with zero attached hydrogens (tertiary/aromatic N) is 3. The second-order valence-corrected chi connectivity index (χ2v) is 8.27. The Morgan fingerprint density at radius 3 is 2.74 bits per heavy atom. The Kier molecular flexibility index (Phi) is 7.19. The molecule has 0 fully saturated rings. The Labute approximate surface area is 185 Å². The second-order valence-electron chi connectivity index (χ2n) is 7.41. The molecule has 3 heterocycles. The van der Waals surface area contributed by atoms with Gasteiger partial charge in [-0.3, -0.25) is 4.79 Å². The molecule has 0 atom stereocenters. The maximum absolute atomic E-state index is 12.9. The van der Waals surface area contributed by atoms with Crippen molar-refractivity contribution < 1.29 is 9.90 Å². The van der Waals surface area contributed by atoms with Crippen molar-refractivity contribution in [1.82, 2.24) is 19.9 Å². The number of aromatic nitrogens is 3. The van der Waals surface area contributed by atoms with E-state index in [0.29, 0.717) is 29.5 Å². The van der Waals surface area contributed by atoms with E-state index in [0.717, 1.165) is 29.5 Å². The van der Waals surface area contributed by atoms with E-state index in [-0.39, 0.29) is 11.1 Å².